The van der Waals surface area contributed by atoms with Gasteiger partial charge in [-0.15, -0.1) is 0 Å². The molecule has 0 amide bonds. The van der Waals surface area contributed by atoms with Crippen LogP contribution < -0.4 is 0 Å². The fourth-order valence-electron chi connectivity index (χ4n) is 1.65. The average Bonchev–Trinajstić information content (AvgIpc) is 2.16. The van der Waals surface area contributed by atoms with E-state index < -0.39 is 12.4 Å². The Morgan fingerprint density at radius 3 is 2.57 bits per heavy atom. The summed E-state index contributed by atoms with van der Waals surface area (Å²) in [6.07, 6.45) is -2.13. The van der Waals surface area contributed by atoms with Gasteiger partial charge < -0.3 is 0 Å². The number of nitrogens with zero attached hydrogens (tertiary/aromatic N) is 1. The van der Waals surface area contributed by atoms with Crippen LogP contribution in [0.1, 0.15) is 13.8 Å². The Balaban J connectivity index is 2.69. The van der Waals surface area contributed by atoms with Crippen molar-refractivity contribution in [3.8, 4) is 0 Å². The Hall–Kier alpha value is -0.455. The maximum atomic E-state index is 9.76. The molecule has 1 heterocycles. The predicted molar refractivity (Wildman–Crippen MR) is 49.6 cm³/mol. The van der Waals surface area contributed by atoms with Crippen LogP contribution in [0.25, 0.3) is 0 Å². The van der Waals surface area contributed by atoms with E-state index in [0.29, 0.717) is 0 Å². The molecule has 0 aromatic heterocycles. The van der Waals surface area contributed by atoms with Gasteiger partial charge in [-0.1, -0.05) is 0 Å². The Morgan fingerprint density at radius 1 is 1.43 bits per heavy atom. The molecule has 1 aliphatic rings. The molecule has 5 nitrogen and oxygen atoms in total. The van der Waals surface area contributed by atoms with Crippen molar-refractivity contribution in [2.75, 3.05) is 7.11 Å². The molecule has 5 unspecified atom stereocenters. The van der Waals surface area contributed by atoms with Crippen LogP contribution in [0.3, 0.4) is 0 Å². The summed E-state index contributed by atoms with van der Waals surface area (Å²) in [5.41, 5.74) is 0. The fourth-order valence-corrected chi connectivity index (χ4v) is 1.65. The topological polar surface area (TPSA) is 60.3 Å². The second kappa shape index (κ2) is 4.86. The van der Waals surface area contributed by atoms with Crippen LogP contribution in [0.4, 0.5) is 0 Å². The van der Waals surface area contributed by atoms with Crippen LogP contribution in [-0.2, 0) is 14.3 Å². The molecule has 1 saturated heterocycles. The van der Waals surface area contributed by atoms with Gasteiger partial charge in [-0.05, 0) is 0 Å². The van der Waals surface area contributed by atoms with E-state index in [9.17, 15) is 5.11 Å². The normalized spacial score (nSPS) is 43.2. The first-order valence-electron chi connectivity index (χ1n) is 4.54. The molecule has 0 aliphatic carbocycles. The first-order valence-corrected chi connectivity index (χ1v) is 4.54. The third-order valence-electron chi connectivity index (χ3n) is 2.66. The van der Waals surface area contributed by atoms with Crippen molar-refractivity contribution in [3.05, 3.63) is 0 Å². The third-order valence-corrected chi connectivity index (χ3v) is 2.66. The predicted octanol–water partition coefficient (Wildman–Crippen LogP) is 0.0269. The Morgan fingerprint density at radius 2 is 2.07 bits per heavy atom. The minimum absolute atomic E-state index is 0.0740. The van der Waals surface area contributed by atoms with Crippen LogP contribution >= 0.6 is 0 Å². The van der Waals surface area contributed by atoms with Crippen molar-refractivity contribution in [3.63, 3.8) is 0 Å². The number of aliphatic hydroxyl groups is 1. The molecule has 1 fully saturated rings. The monoisotopic (exact) mass is 200 g/mol. The molecule has 0 saturated carbocycles. The summed E-state index contributed by atoms with van der Waals surface area (Å²) in [5, 5.41) is 12.8. The van der Waals surface area contributed by atoms with E-state index in [4.69, 9.17) is 21.9 Å². The standard InChI is InChI=1S/C8H15BNO4/c1-4-5(2)13-8(14-10-9)6(11)7(4)12-3/h4-8,11H,1-3H3. The zero-order valence-corrected chi connectivity index (χ0v) is 8.58. The van der Waals surface area contributed by atoms with Crippen molar-refractivity contribution in [1.29, 1.82) is 0 Å². The van der Waals surface area contributed by atoms with Gasteiger partial charge in [-0.25, -0.2) is 0 Å². The second-order valence-corrected chi connectivity index (χ2v) is 3.47. The van der Waals surface area contributed by atoms with E-state index in [1.807, 2.05) is 13.8 Å². The summed E-state index contributed by atoms with van der Waals surface area (Å²) in [5.74, 6) is 0.0904. The Labute approximate surface area is 84.4 Å². The van der Waals surface area contributed by atoms with Crippen molar-refractivity contribution in [1.82, 2.24) is 0 Å². The van der Waals surface area contributed by atoms with Crippen LogP contribution in [0, 0.1) is 5.92 Å². The van der Waals surface area contributed by atoms with Gasteiger partial charge in [-0.3, -0.25) is 0 Å². The summed E-state index contributed by atoms with van der Waals surface area (Å²) in [6.45, 7) is 3.83. The zero-order valence-electron chi connectivity index (χ0n) is 8.58. The molecule has 0 aromatic rings. The fraction of sp³-hybridized carbons (Fsp3) is 1.00. The number of ether oxygens (including phenoxy) is 2. The molecule has 14 heavy (non-hydrogen) atoms. The maximum absolute atomic E-state index is 9.76. The van der Waals surface area contributed by atoms with E-state index >= 15 is 0 Å². The van der Waals surface area contributed by atoms with Crippen LogP contribution in [0.5, 0.6) is 0 Å². The molecule has 0 bridgehead atoms. The Kier molecular flexibility index (Phi) is 4.03. The Bertz CT molecular complexity index is 204. The molecule has 1 aliphatic heterocycles. The van der Waals surface area contributed by atoms with Gasteiger partial charge in [0.2, 0.25) is 0 Å². The molecular formula is C8H15BNO4. The van der Waals surface area contributed by atoms with E-state index in [1.54, 1.807) is 7.11 Å². The summed E-state index contributed by atoms with van der Waals surface area (Å²) < 4.78 is 10.5. The van der Waals surface area contributed by atoms with Crippen molar-refractivity contribution in [2.45, 2.75) is 38.4 Å². The first-order chi connectivity index (χ1) is 6.61. The number of hydrogen-bond acceptors (Lipinski definition) is 5. The number of hydrogen-bond donors (Lipinski definition) is 1. The first kappa shape index (κ1) is 11.6. The van der Waals surface area contributed by atoms with Crippen molar-refractivity contribution in [2.24, 2.45) is 11.0 Å². The second-order valence-electron chi connectivity index (χ2n) is 3.47. The summed E-state index contributed by atoms with van der Waals surface area (Å²) >= 11 is 0. The van der Waals surface area contributed by atoms with Gasteiger partial charge in [0.15, 0.2) is 0 Å². The molecule has 1 N–H and O–H groups in total. The number of aliphatic hydroxyl groups excluding tert-OH is 1. The van der Waals surface area contributed by atoms with Gasteiger partial charge in [0, 0.05) is 0 Å². The summed E-state index contributed by atoms with van der Waals surface area (Å²) in [6, 6.07) is 0. The SMILES string of the molecule is [B]=NOC1OC(C)C(C)C(OC)C1O. The minimum atomic E-state index is -0.876. The molecule has 0 aromatic carbocycles. The molecule has 6 heteroatoms. The van der Waals surface area contributed by atoms with E-state index in [2.05, 4.69) is 5.06 Å². The van der Waals surface area contributed by atoms with Gasteiger partial charge in [0.25, 0.3) is 0 Å². The third kappa shape index (κ3) is 2.13. The summed E-state index contributed by atoms with van der Waals surface area (Å²) in [4.78, 5) is 4.70. The average molecular weight is 200 g/mol. The van der Waals surface area contributed by atoms with Crippen LogP contribution in [0.2, 0.25) is 0 Å². The van der Waals surface area contributed by atoms with Crippen molar-refractivity contribution >= 4 is 7.64 Å². The van der Waals surface area contributed by atoms with E-state index in [0.717, 1.165) is 0 Å². The van der Waals surface area contributed by atoms with Gasteiger partial charge >= 0.3 is 83.6 Å². The molecule has 5 atom stereocenters. The number of methoxy groups -OCH3 is 1. The van der Waals surface area contributed by atoms with Crippen LogP contribution in [-0.4, -0.2) is 44.5 Å². The summed E-state index contributed by atoms with van der Waals surface area (Å²) in [7, 11) is 6.40. The quantitative estimate of drug-likeness (QED) is 0.515. The van der Waals surface area contributed by atoms with Gasteiger partial charge in [-0.2, -0.15) is 0 Å². The molecule has 1 rings (SSSR count). The number of rotatable bonds is 3. The molecule has 0 spiro atoms. The molecule has 79 valence electrons. The van der Waals surface area contributed by atoms with Crippen molar-refractivity contribution < 1.29 is 19.4 Å². The van der Waals surface area contributed by atoms with E-state index in [1.165, 1.54) is 0 Å². The van der Waals surface area contributed by atoms with E-state index in [-0.39, 0.29) is 18.1 Å². The molecular weight excluding hydrogens is 185 g/mol. The molecule has 1 radical (unpaired) electrons. The van der Waals surface area contributed by atoms with Gasteiger partial charge in [0.1, 0.15) is 0 Å². The van der Waals surface area contributed by atoms with Crippen LogP contribution in [0.15, 0.2) is 5.06 Å². The van der Waals surface area contributed by atoms with Gasteiger partial charge in [0.05, 0.1) is 0 Å². The zero-order chi connectivity index (χ0) is 10.7.